The van der Waals surface area contributed by atoms with Crippen LogP contribution in [0.15, 0.2) is 36.4 Å². The molecule has 0 unspecified atom stereocenters. The number of halogens is 6. The minimum atomic E-state index is -4.50. The van der Waals surface area contributed by atoms with Crippen molar-refractivity contribution in [2.24, 2.45) is 0 Å². The highest BCUT2D eigenvalue weighted by Gasteiger charge is 2.31. The molecule has 0 aliphatic rings. The maximum atomic E-state index is 13.1. The number of aryl methyl sites for hydroxylation is 1. The molecule has 1 amide bonds. The Hall–Kier alpha value is -1.71. The summed E-state index contributed by atoms with van der Waals surface area (Å²) >= 11 is 1.81. The summed E-state index contributed by atoms with van der Waals surface area (Å²) in [6, 6.07) is 6.33. The minimum Gasteiger partial charge on any atom is -0.325 e. The Morgan fingerprint density at radius 2 is 1.75 bits per heavy atom. The third-order valence-corrected chi connectivity index (χ3v) is 4.13. The molecular weight excluding hydrogens is 444 g/mol. The summed E-state index contributed by atoms with van der Waals surface area (Å²) in [5.74, 6) is -2.51. The van der Waals surface area contributed by atoms with Gasteiger partial charge in [-0.3, -0.25) is 4.79 Å². The lowest BCUT2D eigenvalue weighted by Crippen LogP contribution is -2.14. The lowest BCUT2D eigenvalue weighted by Gasteiger charge is -2.12. The number of hydrogen-bond donors (Lipinski definition) is 1. The number of nitrogens with one attached hydrogen (secondary N) is 1. The Morgan fingerprint density at radius 1 is 1.04 bits per heavy atom. The van der Waals surface area contributed by atoms with Crippen molar-refractivity contribution in [3.8, 4) is 0 Å². The first kappa shape index (κ1) is 18.6. The molecule has 2 aromatic rings. The molecule has 0 aromatic heterocycles. The van der Waals surface area contributed by atoms with Gasteiger partial charge in [-0.2, -0.15) is 13.2 Å². The van der Waals surface area contributed by atoms with E-state index in [9.17, 15) is 26.7 Å². The Bertz CT molecular complexity index is 761. The summed E-state index contributed by atoms with van der Waals surface area (Å²) in [5.41, 5.74) is -0.387. The van der Waals surface area contributed by atoms with Gasteiger partial charge in [0.15, 0.2) is 11.6 Å². The number of anilines is 1. The van der Waals surface area contributed by atoms with Gasteiger partial charge < -0.3 is 5.32 Å². The second-order valence-corrected chi connectivity index (χ2v) is 6.15. The molecule has 2 rings (SSSR count). The van der Waals surface area contributed by atoms with Crippen molar-refractivity contribution < 1.29 is 26.7 Å². The smallest absolute Gasteiger partial charge is 0.325 e. The standard InChI is InChI=1S/C16H11F5INO/c17-11-4-1-9(7-12(11)18)2-6-15(24)23-14-8-10(16(19,20)21)3-5-13(14)22/h1,3-5,7-8H,2,6H2,(H,23,24). The van der Waals surface area contributed by atoms with Crippen molar-refractivity contribution in [2.45, 2.75) is 19.0 Å². The molecule has 0 aliphatic carbocycles. The minimum absolute atomic E-state index is 0.0562. The molecule has 0 saturated heterocycles. The molecule has 0 fully saturated rings. The molecule has 0 saturated carbocycles. The fourth-order valence-electron chi connectivity index (χ4n) is 1.96. The Kier molecular flexibility index (Phi) is 5.79. The molecule has 0 spiro atoms. The largest absolute Gasteiger partial charge is 0.416 e. The van der Waals surface area contributed by atoms with Crippen LogP contribution in [0.1, 0.15) is 17.5 Å². The summed E-state index contributed by atoms with van der Waals surface area (Å²) in [5, 5.41) is 2.40. The van der Waals surface area contributed by atoms with Crippen LogP contribution >= 0.6 is 22.6 Å². The number of hydrogen-bond acceptors (Lipinski definition) is 1. The van der Waals surface area contributed by atoms with E-state index in [4.69, 9.17) is 0 Å². The number of amides is 1. The van der Waals surface area contributed by atoms with Crippen LogP contribution in [-0.2, 0) is 17.4 Å². The maximum absolute atomic E-state index is 13.1. The topological polar surface area (TPSA) is 29.1 Å². The number of alkyl halides is 3. The van der Waals surface area contributed by atoms with Gasteiger partial charge in [0.1, 0.15) is 0 Å². The normalized spacial score (nSPS) is 11.4. The van der Waals surface area contributed by atoms with Crippen LogP contribution in [0.4, 0.5) is 27.6 Å². The van der Waals surface area contributed by atoms with Crippen molar-refractivity contribution in [1.29, 1.82) is 0 Å². The van der Waals surface area contributed by atoms with Gasteiger partial charge in [-0.15, -0.1) is 0 Å². The number of carbonyl (C=O) groups excluding carboxylic acids is 1. The first-order chi connectivity index (χ1) is 11.2. The first-order valence-electron chi connectivity index (χ1n) is 6.77. The predicted molar refractivity (Wildman–Crippen MR) is 87.5 cm³/mol. The zero-order valence-corrected chi connectivity index (χ0v) is 14.2. The van der Waals surface area contributed by atoms with Crippen molar-refractivity contribution in [3.63, 3.8) is 0 Å². The third kappa shape index (κ3) is 4.89. The molecule has 2 aromatic carbocycles. The van der Waals surface area contributed by atoms with Crippen LogP contribution < -0.4 is 5.32 Å². The predicted octanol–water partition coefficient (Wildman–Crippen LogP) is 5.16. The fraction of sp³-hybridized carbons (Fsp3) is 0.188. The van der Waals surface area contributed by atoms with Gasteiger partial charge in [0.2, 0.25) is 5.91 Å². The molecule has 0 aliphatic heterocycles. The maximum Gasteiger partial charge on any atom is 0.416 e. The van der Waals surface area contributed by atoms with E-state index in [0.717, 1.165) is 24.3 Å². The van der Waals surface area contributed by atoms with Crippen molar-refractivity contribution in [1.82, 2.24) is 0 Å². The van der Waals surface area contributed by atoms with Gasteiger partial charge in [0.05, 0.1) is 11.3 Å². The summed E-state index contributed by atoms with van der Waals surface area (Å²) in [4.78, 5) is 11.9. The SMILES string of the molecule is O=C(CCc1ccc(F)c(F)c1)Nc1cc(C(F)(F)F)ccc1I. The van der Waals surface area contributed by atoms with Gasteiger partial charge in [-0.25, -0.2) is 8.78 Å². The van der Waals surface area contributed by atoms with Crippen LogP contribution in [0.25, 0.3) is 0 Å². The summed E-state index contributed by atoms with van der Waals surface area (Å²) in [6.45, 7) is 0. The average molecular weight is 455 g/mol. The van der Waals surface area contributed by atoms with E-state index >= 15 is 0 Å². The zero-order chi connectivity index (χ0) is 17.9. The highest BCUT2D eigenvalue weighted by molar-refractivity contribution is 14.1. The molecule has 2 nitrogen and oxygen atoms in total. The second-order valence-electron chi connectivity index (χ2n) is 4.99. The number of benzene rings is 2. The van der Waals surface area contributed by atoms with Crippen LogP contribution in [0.5, 0.6) is 0 Å². The molecular formula is C16H11F5INO. The van der Waals surface area contributed by atoms with E-state index < -0.39 is 29.3 Å². The number of rotatable bonds is 4. The van der Waals surface area contributed by atoms with E-state index in [1.54, 1.807) is 0 Å². The molecule has 0 bridgehead atoms. The first-order valence-corrected chi connectivity index (χ1v) is 7.85. The Balaban J connectivity index is 2.03. The van der Waals surface area contributed by atoms with Crippen LogP contribution in [0.2, 0.25) is 0 Å². The fourth-order valence-corrected chi connectivity index (χ4v) is 2.43. The highest BCUT2D eigenvalue weighted by Crippen LogP contribution is 2.32. The van der Waals surface area contributed by atoms with Crippen molar-refractivity contribution >= 4 is 34.2 Å². The molecule has 1 N–H and O–H groups in total. The van der Waals surface area contributed by atoms with Crippen LogP contribution in [-0.4, -0.2) is 5.91 Å². The molecule has 24 heavy (non-hydrogen) atoms. The summed E-state index contributed by atoms with van der Waals surface area (Å²) < 4.78 is 64.4. The van der Waals surface area contributed by atoms with E-state index in [-0.39, 0.29) is 18.5 Å². The Morgan fingerprint density at radius 3 is 2.38 bits per heavy atom. The van der Waals surface area contributed by atoms with E-state index in [1.165, 1.54) is 12.1 Å². The lowest BCUT2D eigenvalue weighted by atomic mass is 10.1. The van der Waals surface area contributed by atoms with Gasteiger partial charge in [0, 0.05) is 9.99 Å². The third-order valence-electron chi connectivity index (χ3n) is 3.19. The molecule has 0 atom stereocenters. The summed E-state index contributed by atoms with van der Waals surface area (Å²) in [6.07, 6.45) is -4.44. The highest BCUT2D eigenvalue weighted by atomic mass is 127. The van der Waals surface area contributed by atoms with Crippen molar-refractivity contribution in [2.75, 3.05) is 5.32 Å². The van der Waals surface area contributed by atoms with Gasteiger partial charge in [-0.05, 0) is 64.9 Å². The van der Waals surface area contributed by atoms with Gasteiger partial charge in [0.25, 0.3) is 0 Å². The van der Waals surface area contributed by atoms with Crippen LogP contribution in [0.3, 0.4) is 0 Å². The van der Waals surface area contributed by atoms with E-state index in [0.29, 0.717) is 9.13 Å². The average Bonchev–Trinajstić information content (AvgIpc) is 2.49. The molecule has 0 heterocycles. The second kappa shape index (κ2) is 7.45. The molecule has 8 heteroatoms. The van der Waals surface area contributed by atoms with E-state index in [1.807, 2.05) is 22.6 Å². The van der Waals surface area contributed by atoms with E-state index in [2.05, 4.69) is 5.32 Å². The van der Waals surface area contributed by atoms with Crippen LogP contribution in [0, 0.1) is 15.2 Å². The molecule has 128 valence electrons. The summed E-state index contributed by atoms with van der Waals surface area (Å²) in [7, 11) is 0. The Labute approximate surface area is 148 Å². The van der Waals surface area contributed by atoms with Crippen molar-refractivity contribution in [3.05, 3.63) is 62.7 Å². The van der Waals surface area contributed by atoms with Gasteiger partial charge >= 0.3 is 6.18 Å². The monoisotopic (exact) mass is 455 g/mol. The molecule has 0 radical (unpaired) electrons. The zero-order valence-electron chi connectivity index (χ0n) is 12.1. The lowest BCUT2D eigenvalue weighted by molar-refractivity contribution is -0.137. The quantitative estimate of drug-likeness (QED) is 0.501. The van der Waals surface area contributed by atoms with Gasteiger partial charge in [-0.1, -0.05) is 6.07 Å². The number of carbonyl (C=O) groups is 1.